The van der Waals surface area contributed by atoms with Crippen molar-refractivity contribution in [3.05, 3.63) is 123 Å². The second kappa shape index (κ2) is 9.60. The number of nitrogens with zero attached hydrogens (tertiary/aromatic N) is 1. The average Bonchev–Trinajstić information content (AvgIpc) is 3.04. The van der Waals surface area contributed by atoms with E-state index in [1.807, 2.05) is 0 Å². The van der Waals surface area contributed by atoms with E-state index in [4.69, 9.17) is 0 Å². The van der Waals surface area contributed by atoms with Gasteiger partial charge in [-0.05, 0) is 105 Å². The van der Waals surface area contributed by atoms with E-state index in [1.54, 1.807) is 0 Å². The number of hydrogen-bond donors (Lipinski definition) is 0. The Labute approximate surface area is 255 Å². The summed E-state index contributed by atoms with van der Waals surface area (Å²) in [6, 6.07) is 37.8. The molecule has 0 fully saturated rings. The standard InChI is InChI=1S/C37H35Br2N/c1-35(2)32-20-11-24(22-33(32)36(3,4)37(35,5)6)26-21-25-9-7-8-10-31(25)34(23-26)40(29-16-12-27(38)13-17-29)30-18-14-28(39)15-19-30/h7-23H,1-6H3. The Balaban J connectivity index is 1.59. The van der Waals surface area contributed by atoms with Gasteiger partial charge in [-0.2, -0.15) is 0 Å². The smallest absolute Gasteiger partial charge is 0.0546 e. The van der Waals surface area contributed by atoms with Gasteiger partial charge in [-0.15, -0.1) is 0 Å². The van der Waals surface area contributed by atoms with Gasteiger partial charge >= 0.3 is 0 Å². The molecule has 0 N–H and O–H groups in total. The maximum absolute atomic E-state index is 3.62. The van der Waals surface area contributed by atoms with E-state index in [0.717, 1.165) is 26.0 Å². The van der Waals surface area contributed by atoms with Crippen molar-refractivity contribution in [1.82, 2.24) is 0 Å². The van der Waals surface area contributed by atoms with E-state index >= 15 is 0 Å². The first-order valence-corrected chi connectivity index (χ1v) is 15.5. The lowest BCUT2D eigenvalue weighted by molar-refractivity contribution is 0.125. The summed E-state index contributed by atoms with van der Waals surface area (Å²) >= 11 is 7.25. The summed E-state index contributed by atoms with van der Waals surface area (Å²) in [6.07, 6.45) is 0. The lowest BCUT2D eigenvalue weighted by Gasteiger charge is -2.44. The zero-order valence-corrected chi connectivity index (χ0v) is 27.2. The van der Waals surface area contributed by atoms with Gasteiger partial charge in [0, 0.05) is 25.7 Å². The van der Waals surface area contributed by atoms with Crippen LogP contribution in [0.25, 0.3) is 21.9 Å². The first kappa shape index (κ1) is 27.3. The van der Waals surface area contributed by atoms with Crippen molar-refractivity contribution in [3.8, 4) is 11.1 Å². The lowest BCUT2D eigenvalue weighted by Crippen LogP contribution is -2.42. The van der Waals surface area contributed by atoms with Crippen LogP contribution in [0.3, 0.4) is 0 Å². The molecule has 0 spiro atoms. The minimum atomic E-state index is 0.0579. The first-order chi connectivity index (χ1) is 18.9. The molecule has 1 aliphatic carbocycles. The molecule has 5 aromatic rings. The Morgan fingerprint density at radius 3 is 1.68 bits per heavy atom. The molecule has 0 bridgehead atoms. The Kier molecular flexibility index (Phi) is 6.55. The fourth-order valence-corrected chi connectivity index (χ4v) is 7.02. The summed E-state index contributed by atoms with van der Waals surface area (Å²) < 4.78 is 2.13. The van der Waals surface area contributed by atoms with Gasteiger partial charge in [-0.3, -0.25) is 0 Å². The van der Waals surface area contributed by atoms with Crippen LogP contribution < -0.4 is 4.90 Å². The summed E-state index contributed by atoms with van der Waals surface area (Å²) in [7, 11) is 0. The summed E-state index contributed by atoms with van der Waals surface area (Å²) in [5.74, 6) is 0. The summed E-state index contributed by atoms with van der Waals surface area (Å²) in [6.45, 7) is 14.5. The van der Waals surface area contributed by atoms with Crippen LogP contribution in [0, 0.1) is 5.41 Å². The van der Waals surface area contributed by atoms with Crippen LogP contribution in [0.4, 0.5) is 17.1 Å². The highest BCUT2D eigenvalue weighted by molar-refractivity contribution is 9.10. The summed E-state index contributed by atoms with van der Waals surface area (Å²) in [5.41, 5.74) is 9.12. The third kappa shape index (κ3) is 4.16. The number of fused-ring (bicyclic) bond motifs is 2. The van der Waals surface area contributed by atoms with Crippen molar-refractivity contribution in [2.24, 2.45) is 5.41 Å². The third-order valence-corrected chi connectivity index (χ3v) is 11.1. The van der Waals surface area contributed by atoms with Gasteiger partial charge < -0.3 is 4.90 Å². The Hall–Kier alpha value is -2.88. The number of hydrogen-bond acceptors (Lipinski definition) is 1. The Bertz CT molecular complexity index is 1680. The first-order valence-electron chi connectivity index (χ1n) is 13.9. The van der Waals surface area contributed by atoms with Gasteiger partial charge in [0.15, 0.2) is 0 Å². The van der Waals surface area contributed by atoms with Crippen LogP contribution in [0.1, 0.15) is 52.7 Å². The minimum absolute atomic E-state index is 0.0579. The topological polar surface area (TPSA) is 3.24 Å². The predicted molar refractivity (Wildman–Crippen MR) is 179 cm³/mol. The van der Waals surface area contributed by atoms with Gasteiger partial charge in [0.1, 0.15) is 0 Å². The molecule has 3 heteroatoms. The van der Waals surface area contributed by atoms with Crippen LogP contribution in [0.5, 0.6) is 0 Å². The second-order valence-electron chi connectivity index (χ2n) is 12.6. The minimum Gasteiger partial charge on any atom is -0.310 e. The zero-order valence-electron chi connectivity index (χ0n) is 24.0. The highest BCUT2D eigenvalue weighted by atomic mass is 79.9. The van der Waals surface area contributed by atoms with Crippen molar-refractivity contribution in [2.45, 2.75) is 52.4 Å². The van der Waals surface area contributed by atoms with Crippen molar-refractivity contribution in [2.75, 3.05) is 4.90 Å². The fourth-order valence-electron chi connectivity index (χ4n) is 6.49. The maximum atomic E-state index is 3.62. The molecule has 5 aromatic carbocycles. The quantitative estimate of drug-likeness (QED) is 0.187. The third-order valence-electron chi connectivity index (χ3n) is 10.1. The molecule has 0 saturated heterocycles. The number of anilines is 3. The van der Waals surface area contributed by atoms with E-state index in [0.29, 0.717) is 0 Å². The molecule has 1 aliphatic rings. The zero-order chi connectivity index (χ0) is 28.4. The Morgan fingerprint density at radius 2 is 1.07 bits per heavy atom. The number of benzene rings is 5. The highest BCUT2D eigenvalue weighted by Crippen LogP contribution is 2.61. The average molecular weight is 654 g/mol. The monoisotopic (exact) mass is 651 g/mol. The van der Waals surface area contributed by atoms with Crippen LogP contribution in [0.15, 0.2) is 112 Å². The highest BCUT2D eigenvalue weighted by Gasteiger charge is 2.56. The molecule has 202 valence electrons. The van der Waals surface area contributed by atoms with Crippen molar-refractivity contribution in [3.63, 3.8) is 0 Å². The lowest BCUT2D eigenvalue weighted by atomic mass is 9.59. The summed E-state index contributed by atoms with van der Waals surface area (Å²) in [4.78, 5) is 2.37. The number of rotatable bonds is 4. The SMILES string of the molecule is CC1(C)c2ccc(-c3cc(N(c4ccc(Br)cc4)c4ccc(Br)cc4)c4ccccc4c3)cc2C(C)(C)C1(C)C. The van der Waals surface area contributed by atoms with Crippen molar-refractivity contribution >= 4 is 59.7 Å². The van der Waals surface area contributed by atoms with Crippen molar-refractivity contribution < 1.29 is 0 Å². The van der Waals surface area contributed by atoms with E-state index in [1.165, 1.54) is 33.0 Å². The molecule has 0 unspecified atom stereocenters. The molecule has 6 rings (SSSR count). The molecule has 0 aromatic heterocycles. The molecule has 0 aliphatic heterocycles. The van der Waals surface area contributed by atoms with Gasteiger partial charge in [0.05, 0.1) is 5.69 Å². The Morgan fingerprint density at radius 1 is 0.525 bits per heavy atom. The van der Waals surface area contributed by atoms with Crippen molar-refractivity contribution in [1.29, 1.82) is 0 Å². The predicted octanol–water partition coefficient (Wildman–Crippen LogP) is 12.1. The molecule has 40 heavy (non-hydrogen) atoms. The van der Waals surface area contributed by atoms with Gasteiger partial charge in [0.25, 0.3) is 0 Å². The molecule has 0 radical (unpaired) electrons. The van der Waals surface area contributed by atoms with Crippen LogP contribution in [-0.4, -0.2) is 0 Å². The number of halogens is 2. The van der Waals surface area contributed by atoms with Gasteiger partial charge in [0.2, 0.25) is 0 Å². The van der Waals surface area contributed by atoms with Gasteiger partial charge in [-0.1, -0.05) is 116 Å². The van der Waals surface area contributed by atoms with Crippen LogP contribution in [0.2, 0.25) is 0 Å². The van der Waals surface area contributed by atoms with E-state index < -0.39 is 0 Å². The molecular weight excluding hydrogens is 618 g/mol. The molecule has 0 heterocycles. The van der Waals surface area contributed by atoms with E-state index in [-0.39, 0.29) is 16.2 Å². The summed E-state index contributed by atoms with van der Waals surface area (Å²) in [5, 5.41) is 2.45. The second-order valence-corrected chi connectivity index (χ2v) is 14.5. The largest absolute Gasteiger partial charge is 0.310 e. The normalized spacial score (nSPS) is 16.6. The van der Waals surface area contributed by atoms with Gasteiger partial charge in [-0.25, -0.2) is 0 Å². The van der Waals surface area contributed by atoms with E-state index in [2.05, 4.69) is 181 Å². The fraction of sp³-hybridized carbons (Fsp3) is 0.243. The molecule has 0 atom stereocenters. The maximum Gasteiger partial charge on any atom is 0.0546 e. The molecular formula is C37H35Br2N. The molecule has 0 amide bonds. The van der Waals surface area contributed by atoms with Crippen LogP contribution in [-0.2, 0) is 10.8 Å². The van der Waals surface area contributed by atoms with E-state index in [9.17, 15) is 0 Å². The molecule has 1 nitrogen and oxygen atoms in total. The molecule has 0 saturated carbocycles. The van der Waals surface area contributed by atoms with Crippen LogP contribution >= 0.6 is 31.9 Å².